The van der Waals surface area contributed by atoms with Crippen molar-refractivity contribution < 1.29 is 14.6 Å². The fourth-order valence-corrected chi connectivity index (χ4v) is 1.64. The van der Waals surface area contributed by atoms with Crippen molar-refractivity contribution in [2.45, 2.75) is 5.92 Å². The predicted octanol–water partition coefficient (Wildman–Crippen LogP) is 1.16. The number of aliphatic hydroxyl groups excluding tert-OH is 1. The first-order valence-corrected chi connectivity index (χ1v) is 5.20. The summed E-state index contributed by atoms with van der Waals surface area (Å²) in [5.41, 5.74) is 6.61. The maximum absolute atomic E-state index is 11.3. The van der Waals surface area contributed by atoms with E-state index in [4.69, 9.17) is 22.4 Å². The summed E-state index contributed by atoms with van der Waals surface area (Å²) in [6, 6.07) is 4.91. The minimum Gasteiger partial charge on any atom is -0.465 e. The number of carbonyl (C=O) groups excluding carboxylic acids is 1. The zero-order valence-corrected chi connectivity index (χ0v) is 9.70. The summed E-state index contributed by atoms with van der Waals surface area (Å²) in [5, 5.41) is 9.38. The van der Waals surface area contributed by atoms with Gasteiger partial charge in [0, 0.05) is 12.5 Å². The lowest BCUT2D eigenvalue weighted by molar-refractivity contribution is 0.0601. The summed E-state index contributed by atoms with van der Waals surface area (Å²) < 4.78 is 4.57. The molecule has 88 valence electrons. The molecule has 0 bridgehead atoms. The van der Waals surface area contributed by atoms with Crippen molar-refractivity contribution in [1.29, 1.82) is 0 Å². The van der Waals surface area contributed by atoms with Gasteiger partial charge in [-0.2, -0.15) is 0 Å². The Hall–Kier alpha value is -1.10. The number of nitrogens with two attached hydrogens (primary N) is 1. The Morgan fingerprint density at radius 3 is 2.75 bits per heavy atom. The van der Waals surface area contributed by atoms with E-state index in [9.17, 15) is 4.79 Å². The molecule has 1 atom stereocenters. The Bertz CT molecular complexity index is 377. The summed E-state index contributed by atoms with van der Waals surface area (Å²) >= 11 is 5.94. The maximum atomic E-state index is 11.3. The van der Waals surface area contributed by atoms with Gasteiger partial charge < -0.3 is 15.6 Å². The standard InChI is InChI=1S/C11H14ClNO3/c1-16-11(15)9-3-2-7(4-10(9)12)8(5-13)6-14/h2-4,8,14H,5-6,13H2,1H3. The molecule has 0 fully saturated rings. The van der Waals surface area contributed by atoms with Gasteiger partial charge in [0.15, 0.2) is 0 Å². The molecule has 1 aromatic rings. The zero-order chi connectivity index (χ0) is 12.1. The third-order valence-corrected chi connectivity index (χ3v) is 2.69. The SMILES string of the molecule is COC(=O)c1ccc(C(CN)CO)cc1Cl. The van der Waals surface area contributed by atoms with E-state index in [1.165, 1.54) is 7.11 Å². The first-order valence-electron chi connectivity index (χ1n) is 4.82. The fourth-order valence-electron chi connectivity index (χ4n) is 1.38. The molecule has 0 aliphatic carbocycles. The topological polar surface area (TPSA) is 72.5 Å². The van der Waals surface area contributed by atoms with Crippen LogP contribution in [0.3, 0.4) is 0 Å². The Kier molecular flexibility index (Phi) is 4.73. The van der Waals surface area contributed by atoms with Gasteiger partial charge in [-0.25, -0.2) is 4.79 Å². The van der Waals surface area contributed by atoms with Crippen LogP contribution in [0.1, 0.15) is 21.8 Å². The highest BCUT2D eigenvalue weighted by molar-refractivity contribution is 6.33. The van der Waals surface area contributed by atoms with E-state index < -0.39 is 5.97 Å². The highest BCUT2D eigenvalue weighted by atomic mass is 35.5. The van der Waals surface area contributed by atoms with Crippen LogP contribution in [-0.2, 0) is 4.74 Å². The normalized spacial score (nSPS) is 12.2. The molecule has 0 aliphatic rings. The Balaban J connectivity index is 3.03. The average Bonchev–Trinajstić information content (AvgIpc) is 2.30. The van der Waals surface area contributed by atoms with Crippen LogP contribution in [0.15, 0.2) is 18.2 Å². The number of methoxy groups -OCH3 is 1. The third kappa shape index (κ3) is 2.72. The first-order chi connectivity index (χ1) is 7.63. The summed E-state index contributed by atoms with van der Waals surface area (Å²) in [6.45, 7) is 0.273. The molecular formula is C11H14ClNO3. The van der Waals surface area contributed by atoms with E-state index in [0.717, 1.165) is 5.56 Å². The van der Waals surface area contributed by atoms with Gasteiger partial charge in [-0.3, -0.25) is 0 Å². The lowest BCUT2D eigenvalue weighted by atomic mass is 9.99. The van der Waals surface area contributed by atoms with Crippen molar-refractivity contribution in [2.24, 2.45) is 5.73 Å². The van der Waals surface area contributed by atoms with Gasteiger partial charge in [-0.15, -0.1) is 0 Å². The molecule has 0 aromatic heterocycles. The van der Waals surface area contributed by atoms with Gasteiger partial charge in [0.05, 0.1) is 24.3 Å². The smallest absolute Gasteiger partial charge is 0.339 e. The summed E-state index contributed by atoms with van der Waals surface area (Å²) in [5.74, 6) is -0.644. The third-order valence-electron chi connectivity index (χ3n) is 2.37. The largest absolute Gasteiger partial charge is 0.465 e. The molecule has 0 radical (unpaired) electrons. The lowest BCUT2D eigenvalue weighted by Gasteiger charge is -2.13. The molecule has 0 saturated heterocycles. The molecule has 16 heavy (non-hydrogen) atoms. The van der Waals surface area contributed by atoms with E-state index in [1.807, 2.05) is 0 Å². The molecule has 1 rings (SSSR count). The van der Waals surface area contributed by atoms with Gasteiger partial charge in [-0.05, 0) is 17.7 Å². The van der Waals surface area contributed by atoms with E-state index >= 15 is 0 Å². The quantitative estimate of drug-likeness (QED) is 0.779. The van der Waals surface area contributed by atoms with Crippen molar-refractivity contribution in [2.75, 3.05) is 20.3 Å². The second-order valence-corrected chi connectivity index (χ2v) is 3.75. The summed E-state index contributed by atoms with van der Waals surface area (Å²) in [7, 11) is 1.29. The molecular weight excluding hydrogens is 230 g/mol. The molecule has 0 heterocycles. The number of hydrogen-bond acceptors (Lipinski definition) is 4. The second-order valence-electron chi connectivity index (χ2n) is 3.35. The molecule has 0 saturated carbocycles. The summed E-state index contributed by atoms with van der Waals surface area (Å²) in [6.07, 6.45) is 0. The van der Waals surface area contributed by atoms with Crippen LogP contribution >= 0.6 is 11.6 Å². The number of ether oxygens (including phenoxy) is 1. The average molecular weight is 244 g/mol. The maximum Gasteiger partial charge on any atom is 0.339 e. The molecule has 0 spiro atoms. The van der Waals surface area contributed by atoms with Crippen LogP contribution in [0.25, 0.3) is 0 Å². The van der Waals surface area contributed by atoms with Crippen molar-refractivity contribution in [1.82, 2.24) is 0 Å². The Morgan fingerprint density at radius 1 is 1.62 bits per heavy atom. The van der Waals surface area contributed by atoms with Crippen molar-refractivity contribution >= 4 is 17.6 Å². The highest BCUT2D eigenvalue weighted by Crippen LogP contribution is 2.23. The first kappa shape index (κ1) is 13.0. The van der Waals surface area contributed by atoms with E-state index in [2.05, 4.69) is 4.74 Å². The van der Waals surface area contributed by atoms with Crippen molar-refractivity contribution in [3.05, 3.63) is 34.3 Å². The van der Waals surface area contributed by atoms with Crippen LogP contribution in [-0.4, -0.2) is 31.3 Å². The van der Waals surface area contributed by atoms with Gasteiger partial charge in [0.1, 0.15) is 0 Å². The van der Waals surface area contributed by atoms with Crippen LogP contribution in [0.5, 0.6) is 0 Å². The van der Waals surface area contributed by atoms with Crippen molar-refractivity contribution in [3.63, 3.8) is 0 Å². The van der Waals surface area contributed by atoms with Gasteiger partial charge in [0.25, 0.3) is 0 Å². The number of esters is 1. The molecule has 4 nitrogen and oxygen atoms in total. The minimum atomic E-state index is -0.482. The van der Waals surface area contributed by atoms with E-state index in [1.54, 1.807) is 18.2 Å². The van der Waals surface area contributed by atoms with Gasteiger partial charge in [0.2, 0.25) is 0 Å². The zero-order valence-electron chi connectivity index (χ0n) is 8.94. The highest BCUT2D eigenvalue weighted by Gasteiger charge is 2.14. The van der Waals surface area contributed by atoms with Crippen LogP contribution < -0.4 is 5.73 Å². The minimum absolute atomic E-state index is 0.0512. The predicted molar refractivity (Wildman–Crippen MR) is 61.7 cm³/mol. The molecule has 3 N–H and O–H groups in total. The molecule has 0 amide bonds. The van der Waals surface area contributed by atoms with Crippen molar-refractivity contribution in [3.8, 4) is 0 Å². The molecule has 0 aliphatic heterocycles. The second kappa shape index (κ2) is 5.84. The number of carbonyl (C=O) groups is 1. The summed E-state index contributed by atoms with van der Waals surface area (Å²) in [4.78, 5) is 11.3. The van der Waals surface area contributed by atoms with Crippen LogP contribution in [0.2, 0.25) is 5.02 Å². The van der Waals surface area contributed by atoms with E-state index in [-0.39, 0.29) is 12.5 Å². The van der Waals surface area contributed by atoms with Crippen LogP contribution in [0, 0.1) is 0 Å². The van der Waals surface area contributed by atoms with Crippen LogP contribution in [0.4, 0.5) is 0 Å². The number of rotatable bonds is 4. The van der Waals surface area contributed by atoms with E-state index in [0.29, 0.717) is 17.1 Å². The number of benzene rings is 1. The Labute approximate surface area is 99.0 Å². The number of halogens is 1. The lowest BCUT2D eigenvalue weighted by Crippen LogP contribution is -2.16. The molecule has 1 unspecified atom stereocenters. The van der Waals surface area contributed by atoms with Gasteiger partial charge >= 0.3 is 5.97 Å². The monoisotopic (exact) mass is 243 g/mol. The fraction of sp³-hybridized carbons (Fsp3) is 0.364. The molecule has 1 aromatic carbocycles. The molecule has 5 heteroatoms. The Morgan fingerprint density at radius 2 is 2.31 bits per heavy atom. The number of aliphatic hydroxyl groups is 1. The van der Waals surface area contributed by atoms with Gasteiger partial charge in [-0.1, -0.05) is 17.7 Å². The number of hydrogen-bond donors (Lipinski definition) is 2.